The van der Waals surface area contributed by atoms with Gasteiger partial charge in [-0.25, -0.2) is 4.98 Å². The van der Waals surface area contributed by atoms with Crippen LogP contribution in [0.15, 0.2) is 41.6 Å². The molecular weight excluding hydrogens is 488 g/mol. The summed E-state index contributed by atoms with van der Waals surface area (Å²) >= 11 is 0. The maximum absolute atomic E-state index is 13.9. The summed E-state index contributed by atoms with van der Waals surface area (Å²) in [4.78, 5) is 12.5. The molecule has 3 heterocycles. The highest BCUT2D eigenvalue weighted by atomic mass is 35.5. The SMILES string of the molecule is Cl.FC(F)(F)c1ccccc1-c1cc(C(F)(F)F)c2[nH]c(C3=NOC4(CCOCC4)C3)nc2c1. The van der Waals surface area contributed by atoms with Crippen molar-refractivity contribution in [3.63, 3.8) is 0 Å². The Morgan fingerprint density at radius 2 is 1.59 bits per heavy atom. The molecule has 1 N–H and O–H groups in total. The van der Waals surface area contributed by atoms with Crippen LogP contribution in [0.3, 0.4) is 0 Å². The zero-order chi connectivity index (χ0) is 23.4. The van der Waals surface area contributed by atoms with Gasteiger partial charge in [0.1, 0.15) is 11.3 Å². The number of benzene rings is 2. The summed E-state index contributed by atoms with van der Waals surface area (Å²) in [5.74, 6) is 0.0973. The van der Waals surface area contributed by atoms with Crippen molar-refractivity contribution in [1.82, 2.24) is 9.97 Å². The van der Waals surface area contributed by atoms with Crippen molar-refractivity contribution in [2.75, 3.05) is 13.2 Å². The molecule has 1 saturated heterocycles. The highest BCUT2D eigenvalue weighted by molar-refractivity contribution is 6.01. The van der Waals surface area contributed by atoms with E-state index in [-0.39, 0.29) is 40.4 Å². The average molecular weight is 506 g/mol. The van der Waals surface area contributed by atoms with Crippen molar-refractivity contribution in [2.24, 2.45) is 5.16 Å². The van der Waals surface area contributed by atoms with Crippen molar-refractivity contribution in [3.05, 3.63) is 53.3 Å². The van der Waals surface area contributed by atoms with Crippen LogP contribution >= 0.6 is 12.4 Å². The van der Waals surface area contributed by atoms with E-state index in [1.54, 1.807) is 0 Å². The molecule has 0 radical (unpaired) electrons. The van der Waals surface area contributed by atoms with E-state index in [9.17, 15) is 26.3 Å². The predicted octanol–water partition coefficient (Wildman–Crippen LogP) is 6.36. The molecule has 0 saturated carbocycles. The summed E-state index contributed by atoms with van der Waals surface area (Å²) in [5.41, 5.74) is -3.36. The Bertz CT molecular complexity index is 1250. The molecule has 0 amide bonds. The summed E-state index contributed by atoms with van der Waals surface area (Å²) in [6.07, 6.45) is -8.02. The van der Waals surface area contributed by atoms with Crippen LogP contribution < -0.4 is 0 Å². The van der Waals surface area contributed by atoms with E-state index in [4.69, 9.17) is 9.57 Å². The fourth-order valence-corrected chi connectivity index (χ4v) is 4.27. The zero-order valence-corrected chi connectivity index (χ0v) is 18.2. The first-order chi connectivity index (χ1) is 15.6. The number of nitrogens with one attached hydrogen (secondary N) is 1. The van der Waals surface area contributed by atoms with E-state index < -0.39 is 29.1 Å². The molecule has 182 valence electrons. The zero-order valence-electron chi connectivity index (χ0n) is 17.4. The maximum Gasteiger partial charge on any atom is 0.418 e. The van der Waals surface area contributed by atoms with E-state index in [1.807, 2.05) is 0 Å². The monoisotopic (exact) mass is 505 g/mol. The lowest BCUT2D eigenvalue weighted by Gasteiger charge is -2.30. The van der Waals surface area contributed by atoms with Crippen LogP contribution in [-0.4, -0.2) is 34.5 Å². The molecule has 1 fully saturated rings. The van der Waals surface area contributed by atoms with Crippen molar-refractivity contribution in [3.8, 4) is 11.1 Å². The lowest BCUT2D eigenvalue weighted by atomic mass is 9.89. The van der Waals surface area contributed by atoms with Gasteiger partial charge in [-0.05, 0) is 29.3 Å². The van der Waals surface area contributed by atoms with Gasteiger partial charge in [0.05, 0.1) is 35.4 Å². The highest BCUT2D eigenvalue weighted by Gasteiger charge is 2.42. The molecule has 12 heteroatoms. The fraction of sp³-hybridized carbons (Fsp3) is 0.364. The van der Waals surface area contributed by atoms with Gasteiger partial charge in [-0.3, -0.25) is 0 Å². The Morgan fingerprint density at radius 3 is 2.26 bits per heavy atom. The molecular formula is C22H18ClF6N3O2. The molecule has 5 rings (SSSR count). The molecule has 2 aliphatic rings. The van der Waals surface area contributed by atoms with Crippen LogP contribution in [0.2, 0.25) is 0 Å². The van der Waals surface area contributed by atoms with Gasteiger partial charge in [0, 0.05) is 19.3 Å². The third-order valence-corrected chi connectivity index (χ3v) is 5.96. The molecule has 2 aliphatic heterocycles. The van der Waals surface area contributed by atoms with Crippen LogP contribution in [0, 0.1) is 0 Å². The number of aromatic nitrogens is 2. The van der Waals surface area contributed by atoms with E-state index in [0.29, 0.717) is 44.3 Å². The van der Waals surface area contributed by atoms with Gasteiger partial charge in [-0.1, -0.05) is 23.4 Å². The van der Waals surface area contributed by atoms with Crippen LogP contribution in [-0.2, 0) is 21.9 Å². The Hall–Kier alpha value is -2.79. The average Bonchev–Trinajstić information content (AvgIpc) is 3.36. The smallest absolute Gasteiger partial charge is 0.388 e. The van der Waals surface area contributed by atoms with Crippen LogP contribution in [0.25, 0.3) is 22.2 Å². The summed E-state index contributed by atoms with van der Waals surface area (Å²) in [6, 6.07) is 6.43. The largest absolute Gasteiger partial charge is 0.418 e. The van der Waals surface area contributed by atoms with Crippen LogP contribution in [0.5, 0.6) is 0 Å². The van der Waals surface area contributed by atoms with E-state index >= 15 is 0 Å². The molecule has 0 bridgehead atoms. The first-order valence-corrected chi connectivity index (χ1v) is 10.2. The number of fused-ring (bicyclic) bond motifs is 1. The minimum atomic E-state index is -4.82. The second kappa shape index (κ2) is 8.46. The standard InChI is InChI=1S/C22H17F6N3O2.ClH/c23-21(24,25)14-4-2-1-3-13(14)12-9-15(22(26,27)28)18-16(10-12)29-19(30-18)17-11-20(33-31-17)5-7-32-8-6-20;/h1-4,9-10H,5-8,11H2,(H,29,30);1H. The summed E-state index contributed by atoms with van der Waals surface area (Å²) in [6.45, 7) is 0.978. The number of alkyl halides is 6. The van der Waals surface area contributed by atoms with Crippen molar-refractivity contribution >= 4 is 29.2 Å². The van der Waals surface area contributed by atoms with Gasteiger partial charge in [0.15, 0.2) is 5.82 Å². The number of ether oxygens (including phenoxy) is 1. The Kier molecular flexibility index (Phi) is 6.05. The number of oxime groups is 1. The third-order valence-electron chi connectivity index (χ3n) is 5.96. The topological polar surface area (TPSA) is 59.5 Å². The van der Waals surface area contributed by atoms with Crippen molar-refractivity contribution < 1.29 is 35.9 Å². The molecule has 5 nitrogen and oxygen atoms in total. The predicted molar refractivity (Wildman–Crippen MR) is 114 cm³/mol. The van der Waals surface area contributed by atoms with Gasteiger partial charge in [0.2, 0.25) is 0 Å². The quantitative estimate of drug-likeness (QED) is 0.412. The Balaban J connectivity index is 0.00000274. The molecule has 1 spiro atoms. The van der Waals surface area contributed by atoms with Gasteiger partial charge < -0.3 is 14.6 Å². The normalized spacial score (nSPS) is 18.0. The fourth-order valence-electron chi connectivity index (χ4n) is 4.27. The van der Waals surface area contributed by atoms with Gasteiger partial charge in [-0.15, -0.1) is 12.4 Å². The van der Waals surface area contributed by atoms with E-state index in [2.05, 4.69) is 15.1 Å². The minimum Gasteiger partial charge on any atom is -0.388 e. The number of nitrogens with zero attached hydrogens (tertiary/aromatic N) is 2. The number of rotatable bonds is 2. The van der Waals surface area contributed by atoms with Crippen molar-refractivity contribution in [1.29, 1.82) is 0 Å². The maximum atomic E-state index is 13.9. The van der Waals surface area contributed by atoms with Crippen LogP contribution in [0.1, 0.15) is 36.2 Å². The summed E-state index contributed by atoms with van der Waals surface area (Å²) < 4.78 is 87.4. The molecule has 2 aromatic carbocycles. The Labute approximate surface area is 195 Å². The first kappa shape index (κ1) is 24.3. The highest BCUT2D eigenvalue weighted by Crippen LogP contribution is 2.42. The molecule has 0 unspecified atom stereocenters. The van der Waals surface area contributed by atoms with E-state index in [1.165, 1.54) is 18.2 Å². The summed E-state index contributed by atoms with van der Waals surface area (Å²) in [7, 11) is 0. The second-order valence-electron chi connectivity index (χ2n) is 8.15. The van der Waals surface area contributed by atoms with Gasteiger partial charge in [-0.2, -0.15) is 26.3 Å². The van der Waals surface area contributed by atoms with Crippen molar-refractivity contribution in [2.45, 2.75) is 37.2 Å². The first-order valence-electron chi connectivity index (χ1n) is 10.2. The Morgan fingerprint density at radius 1 is 0.912 bits per heavy atom. The second-order valence-corrected chi connectivity index (χ2v) is 8.15. The summed E-state index contributed by atoms with van der Waals surface area (Å²) in [5, 5.41) is 4.03. The number of aromatic amines is 1. The number of hydrogen-bond donors (Lipinski definition) is 1. The molecule has 3 aromatic rings. The molecule has 0 atom stereocenters. The lowest BCUT2D eigenvalue weighted by Crippen LogP contribution is -2.36. The minimum absolute atomic E-state index is 0. The number of halogens is 7. The third kappa shape index (κ3) is 4.34. The lowest BCUT2D eigenvalue weighted by molar-refractivity contribution is -0.137. The molecule has 0 aliphatic carbocycles. The van der Waals surface area contributed by atoms with E-state index in [0.717, 1.165) is 12.1 Å². The van der Waals surface area contributed by atoms with Gasteiger partial charge in [0.25, 0.3) is 0 Å². The molecule has 34 heavy (non-hydrogen) atoms. The number of H-pyrrole nitrogens is 1. The number of imidazole rings is 1. The van der Waals surface area contributed by atoms with Crippen LogP contribution in [0.4, 0.5) is 26.3 Å². The van der Waals surface area contributed by atoms with Gasteiger partial charge >= 0.3 is 12.4 Å². The molecule has 1 aromatic heterocycles. The number of hydrogen-bond acceptors (Lipinski definition) is 4.